The summed E-state index contributed by atoms with van der Waals surface area (Å²) in [5, 5.41) is 4.49. The van der Waals surface area contributed by atoms with Gasteiger partial charge in [0.15, 0.2) is 0 Å². The number of methoxy groups -OCH3 is 1. The van der Waals surface area contributed by atoms with E-state index in [2.05, 4.69) is 33.4 Å². The van der Waals surface area contributed by atoms with Crippen molar-refractivity contribution in [2.45, 2.75) is 32.2 Å². The summed E-state index contributed by atoms with van der Waals surface area (Å²) in [6.07, 6.45) is 2.57. The molecule has 7 heteroatoms. The summed E-state index contributed by atoms with van der Waals surface area (Å²) in [5.41, 5.74) is 5.08. The minimum Gasteiger partial charge on any atom is -0.382 e. The monoisotopic (exact) mass is 348 g/mol. The molecule has 20 heavy (non-hydrogen) atoms. The minimum atomic E-state index is 0.161. The van der Waals surface area contributed by atoms with Crippen LogP contribution in [0.25, 0.3) is 0 Å². The molecule has 1 aromatic rings. The fraction of sp³-hybridized carbons (Fsp3) is 0.769. The van der Waals surface area contributed by atoms with E-state index >= 15 is 0 Å². The Morgan fingerprint density at radius 1 is 1.40 bits per heavy atom. The van der Waals surface area contributed by atoms with Crippen molar-refractivity contribution < 1.29 is 9.47 Å². The molecule has 0 aromatic carbocycles. The van der Waals surface area contributed by atoms with Crippen LogP contribution >= 0.6 is 15.9 Å². The molecule has 0 radical (unpaired) electrons. The highest BCUT2D eigenvalue weighted by atomic mass is 79.9. The zero-order chi connectivity index (χ0) is 15.0. The van der Waals surface area contributed by atoms with Crippen LogP contribution in [0.1, 0.15) is 24.7 Å². The van der Waals surface area contributed by atoms with Gasteiger partial charge in [0.1, 0.15) is 0 Å². The van der Waals surface area contributed by atoms with Crippen molar-refractivity contribution in [3.05, 3.63) is 15.9 Å². The molecule has 0 aliphatic rings. The Kier molecular flexibility index (Phi) is 8.32. The molecular formula is C13H25BrN4O2. The summed E-state index contributed by atoms with van der Waals surface area (Å²) in [6, 6.07) is 0.161. The van der Waals surface area contributed by atoms with Crippen LogP contribution in [0.15, 0.2) is 4.47 Å². The van der Waals surface area contributed by atoms with Crippen LogP contribution in [-0.4, -0.2) is 42.8 Å². The number of hydrogen-bond donors (Lipinski definition) is 2. The number of hydrogen-bond acceptors (Lipinski definition) is 5. The summed E-state index contributed by atoms with van der Waals surface area (Å²) in [6.45, 7) is 3.99. The second-order valence-electron chi connectivity index (χ2n) is 4.65. The van der Waals surface area contributed by atoms with Gasteiger partial charge in [-0.05, 0) is 28.8 Å². The Morgan fingerprint density at radius 3 is 2.70 bits per heavy atom. The van der Waals surface area contributed by atoms with Crippen molar-refractivity contribution in [2.24, 2.45) is 12.9 Å². The van der Waals surface area contributed by atoms with E-state index in [1.807, 2.05) is 11.7 Å². The second-order valence-corrected chi connectivity index (χ2v) is 5.44. The maximum absolute atomic E-state index is 5.63. The maximum Gasteiger partial charge on any atom is 0.0766 e. The molecular weight excluding hydrogens is 324 g/mol. The average Bonchev–Trinajstić information content (AvgIpc) is 2.72. The molecule has 1 aromatic heterocycles. The van der Waals surface area contributed by atoms with E-state index in [9.17, 15) is 0 Å². The van der Waals surface area contributed by atoms with Crippen LogP contribution in [0.2, 0.25) is 0 Å². The fourth-order valence-corrected chi connectivity index (χ4v) is 2.77. The molecule has 0 aliphatic heterocycles. The van der Waals surface area contributed by atoms with Crippen molar-refractivity contribution in [1.29, 1.82) is 0 Å². The van der Waals surface area contributed by atoms with E-state index in [4.69, 9.17) is 15.3 Å². The third-order valence-corrected chi connectivity index (χ3v) is 4.14. The maximum atomic E-state index is 5.63. The van der Waals surface area contributed by atoms with E-state index in [1.54, 1.807) is 7.11 Å². The van der Waals surface area contributed by atoms with Crippen LogP contribution < -0.4 is 11.3 Å². The predicted octanol–water partition coefficient (Wildman–Crippen LogP) is 1.17. The molecule has 1 heterocycles. The normalized spacial score (nSPS) is 12.8. The van der Waals surface area contributed by atoms with Gasteiger partial charge in [-0.25, -0.2) is 0 Å². The van der Waals surface area contributed by atoms with Crippen molar-refractivity contribution in [3.63, 3.8) is 0 Å². The van der Waals surface area contributed by atoms with Gasteiger partial charge >= 0.3 is 0 Å². The van der Waals surface area contributed by atoms with Crippen molar-refractivity contribution in [1.82, 2.24) is 15.2 Å². The van der Waals surface area contributed by atoms with Crippen LogP contribution in [0, 0.1) is 0 Å². The lowest BCUT2D eigenvalue weighted by Crippen LogP contribution is -2.38. The van der Waals surface area contributed by atoms with Gasteiger partial charge < -0.3 is 9.47 Å². The largest absolute Gasteiger partial charge is 0.382 e. The average molecular weight is 349 g/mol. The summed E-state index contributed by atoms with van der Waals surface area (Å²) < 4.78 is 13.4. The number of rotatable bonds is 10. The number of halogens is 1. The lowest BCUT2D eigenvalue weighted by Gasteiger charge is -2.16. The molecule has 3 N–H and O–H groups in total. The van der Waals surface area contributed by atoms with Crippen molar-refractivity contribution in [2.75, 3.05) is 26.9 Å². The van der Waals surface area contributed by atoms with Gasteiger partial charge in [0.05, 0.1) is 29.1 Å². The standard InChI is InChI=1S/C13H25BrN4O2/c1-4-11-13(14)12(18(2)17-11)9-10(16-15)5-6-20-8-7-19-3/h10,16H,4-9,15H2,1-3H3. The Hall–Kier alpha value is -0.470. The quantitative estimate of drug-likeness (QED) is 0.377. The summed E-state index contributed by atoms with van der Waals surface area (Å²) >= 11 is 3.62. The fourth-order valence-electron chi connectivity index (χ4n) is 1.99. The Balaban J connectivity index is 2.49. The van der Waals surface area contributed by atoms with Gasteiger partial charge in [0, 0.05) is 33.2 Å². The smallest absolute Gasteiger partial charge is 0.0766 e. The SMILES string of the molecule is CCc1nn(C)c(CC(CCOCCOC)NN)c1Br. The first-order valence-corrected chi connectivity index (χ1v) is 7.66. The van der Waals surface area contributed by atoms with Crippen LogP contribution in [0.3, 0.4) is 0 Å². The highest BCUT2D eigenvalue weighted by Crippen LogP contribution is 2.23. The van der Waals surface area contributed by atoms with Gasteiger partial charge in [0.2, 0.25) is 0 Å². The number of aromatic nitrogens is 2. The van der Waals surface area contributed by atoms with Crippen molar-refractivity contribution in [3.8, 4) is 0 Å². The summed E-state index contributed by atoms with van der Waals surface area (Å²) in [7, 11) is 3.63. The molecule has 1 rings (SSSR count). The van der Waals surface area contributed by atoms with E-state index < -0.39 is 0 Å². The highest BCUT2D eigenvalue weighted by Gasteiger charge is 2.16. The number of aryl methyl sites for hydroxylation is 2. The zero-order valence-electron chi connectivity index (χ0n) is 12.5. The molecule has 0 amide bonds. The zero-order valence-corrected chi connectivity index (χ0v) is 14.1. The molecule has 0 spiro atoms. The molecule has 1 unspecified atom stereocenters. The molecule has 116 valence electrons. The second kappa shape index (κ2) is 9.46. The molecule has 0 bridgehead atoms. The van der Waals surface area contributed by atoms with Crippen LogP contribution in [0.5, 0.6) is 0 Å². The third kappa shape index (κ3) is 5.14. The third-order valence-electron chi connectivity index (χ3n) is 3.22. The Labute approximate surface area is 129 Å². The predicted molar refractivity (Wildman–Crippen MR) is 82.4 cm³/mol. The first kappa shape index (κ1) is 17.6. The topological polar surface area (TPSA) is 74.3 Å². The lowest BCUT2D eigenvalue weighted by atomic mass is 10.1. The molecule has 0 aliphatic carbocycles. The summed E-state index contributed by atoms with van der Waals surface area (Å²) in [4.78, 5) is 0. The van der Waals surface area contributed by atoms with Crippen molar-refractivity contribution >= 4 is 15.9 Å². The van der Waals surface area contributed by atoms with Gasteiger partial charge in [0.25, 0.3) is 0 Å². The minimum absolute atomic E-state index is 0.161. The Morgan fingerprint density at radius 2 is 2.15 bits per heavy atom. The number of ether oxygens (including phenoxy) is 2. The molecule has 0 fully saturated rings. The van der Waals surface area contributed by atoms with E-state index in [1.165, 1.54) is 0 Å². The lowest BCUT2D eigenvalue weighted by molar-refractivity contribution is 0.0657. The number of nitrogens with one attached hydrogen (secondary N) is 1. The first-order valence-electron chi connectivity index (χ1n) is 6.87. The summed E-state index contributed by atoms with van der Waals surface area (Å²) in [5.74, 6) is 5.63. The van der Waals surface area contributed by atoms with Gasteiger partial charge in [-0.3, -0.25) is 16.0 Å². The van der Waals surface area contributed by atoms with Gasteiger partial charge in [-0.2, -0.15) is 5.10 Å². The number of nitrogens with zero attached hydrogens (tertiary/aromatic N) is 2. The van der Waals surface area contributed by atoms with Crippen LogP contribution in [0.4, 0.5) is 0 Å². The van der Waals surface area contributed by atoms with E-state index in [0.29, 0.717) is 19.8 Å². The van der Waals surface area contributed by atoms with Gasteiger partial charge in [-0.1, -0.05) is 6.92 Å². The molecule has 1 atom stereocenters. The van der Waals surface area contributed by atoms with E-state index in [-0.39, 0.29) is 6.04 Å². The molecule has 6 nitrogen and oxygen atoms in total. The van der Waals surface area contributed by atoms with Gasteiger partial charge in [-0.15, -0.1) is 0 Å². The Bertz CT molecular complexity index is 398. The first-order chi connectivity index (χ1) is 9.63. The molecule has 0 saturated heterocycles. The van der Waals surface area contributed by atoms with Crippen LogP contribution in [-0.2, 0) is 29.4 Å². The highest BCUT2D eigenvalue weighted by molar-refractivity contribution is 9.10. The number of nitrogens with two attached hydrogens (primary N) is 1. The van der Waals surface area contributed by atoms with E-state index in [0.717, 1.165) is 35.1 Å². The number of hydrazine groups is 1. The molecule has 0 saturated carbocycles.